The molecule has 59 heavy (non-hydrogen) atoms. The first-order valence-corrected chi connectivity index (χ1v) is 26.2. The van der Waals surface area contributed by atoms with Crippen molar-refractivity contribution in [3.8, 4) is 0 Å². The molecule has 0 fully saturated rings. The fourth-order valence-corrected chi connectivity index (χ4v) is 7.79. The second-order valence-electron chi connectivity index (χ2n) is 17.8. The van der Waals surface area contributed by atoms with Crippen molar-refractivity contribution in [2.24, 2.45) is 0 Å². The highest BCUT2D eigenvalue weighted by Crippen LogP contribution is 2.16. The number of hydrogen-bond acceptors (Lipinski definition) is 6. The van der Waals surface area contributed by atoms with E-state index in [1.54, 1.807) is 0 Å². The summed E-state index contributed by atoms with van der Waals surface area (Å²) in [6.45, 7) is 6.56. The highest BCUT2D eigenvalue weighted by atomic mass is 16.6. The van der Waals surface area contributed by atoms with Crippen LogP contribution in [0, 0.1) is 0 Å². The minimum atomic E-state index is -0.759. The van der Waals surface area contributed by atoms with Crippen molar-refractivity contribution in [2.75, 3.05) is 13.2 Å². The van der Waals surface area contributed by atoms with Gasteiger partial charge in [-0.25, -0.2) is 0 Å². The van der Waals surface area contributed by atoms with Crippen molar-refractivity contribution < 1.29 is 28.6 Å². The first-order valence-electron chi connectivity index (χ1n) is 26.2. The van der Waals surface area contributed by atoms with Gasteiger partial charge in [0.15, 0.2) is 6.10 Å². The molecule has 0 aromatic heterocycles. The van der Waals surface area contributed by atoms with E-state index in [-0.39, 0.29) is 31.1 Å². The molecule has 0 aliphatic carbocycles. The summed E-state index contributed by atoms with van der Waals surface area (Å²) in [7, 11) is 0. The average molecular weight is 833 g/mol. The number of esters is 3. The second-order valence-corrected chi connectivity index (χ2v) is 17.8. The van der Waals surface area contributed by atoms with Crippen LogP contribution in [0.25, 0.3) is 0 Å². The Morgan fingerprint density at radius 3 is 0.847 bits per heavy atom. The van der Waals surface area contributed by atoms with E-state index >= 15 is 0 Å². The van der Waals surface area contributed by atoms with Gasteiger partial charge in [0, 0.05) is 19.3 Å². The molecule has 0 aliphatic heterocycles. The molecule has 0 heterocycles. The van der Waals surface area contributed by atoms with E-state index in [2.05, 4.69) is 32.9 Å². The lowest BCUT2D eigenvalue weighted by atomic mass is 10.0. The number of carbonyl (C=O) groups excluding carboxylic acids is 3. The normalized spacial score (nSPS) is 12.0. The molecule has 348 valence electrons. The fourth-order valence-electron chi connectivity index (χ4n) is 7.79. The number of hydrogen-bond donors (Lipinski definition) is 0. The van der Waals surface area contributed by atoms with Gasteiger partial charge >= 0.3 is 17.9 Å². The van der Waals surface area contributed by atoms with Crippen molar-refractivity contribution >= 4 is 17.9 Å². The summed E-state index contributed by atoms with van der Waals surface area (Å²) in [5.41, 5.74) is 0. The molecule has 0 aliphatic rings. The Bertz CT molecular complexity index is 916. The third kappa shape index (κ3) is 47.1. The van der Waals surface area contributed by atoms with E-state index in [1.165, 1.54) is 186 Å². The molecule has 6 nitrogen and oxygen atoms in total. The van der Waals surface area contributed by atoms with Crippen LogP contribution in [0.5, 0.6) is 0 Å². The average Bonchev–Trinajstić information content (AvgIpc) is 3.23. The zero-order valence-corrected chi connectivity index (χ0v) is 39.8. The predicted molar refractivity (Wildman–Crippen MR) is 252 cm³/mol. The summed E-state index contributed by atoms with van der Waals surface area (Å²) in [5.74, 6) is -0.871. The van der Waals surface area contributed by atoms with Gasteiger partial charge in [0.2, 0.25) is 0 Å². The molecule has 1 atom stereocenters. The zero-order valence-electron chi connectivity index (χ0n) is 39.8. The molecule has 1 unspecified atom stereocenters. The van der Waals surface area contributed by atoms with Gasteiger partial charge in [-0.15, -0.1) is 0 Å². The van der Waals surface area contributed by atoms with E-state index in [9.17, 15) is 14.4 Å². The summed E-state index contributed by atoms with van der Waals surface area (Å²) in [6, 6.07) is 0. The number of carbonyl (C=O) groups is 3. The molecule has 0 bridgehead atoms. The van der Waals surface area contributed by atoms with Gasteiger partial charge < -0.3 is 14.2 Å². The third-order valence-electron chi connectivity index (χ3n) is 11.8. The molecular formula is C53H100O6. The Kier molecular flexibility index (Phi) is 47.3. The summed E-state index contributed by atoms with van der Waals surface area (Å²) in [5, 5.41) is 0. The number of ether oxygens (including phenoxy) is 3. The molecule has 0 rings (SSSR count). The summed E-state index contributed by atoms with van der Waals surface area (Å²) < 4.78 is 16.6. The van der Waals surface area contributed by atoms with Crippen LogP contribution in [0.4, 0.5) is 0 Å². The molecule has 0 aromatic carbocycles. The standard InChI is InChI=1S/C53H100O6/c1-4-7-10-13-15-17-18-19-20-21-22-23-24-25-26-27-28-29-30-31-32-33-34-36-37-40-43-46-52(55)58-49-50(48-57-51(54)45-42-39-12-9-6-3)59-53(56)47-44-41-38-35-16-14-11-8-5-2/h21-22,50H,4-20,23-49H2,1-3H3/b22-21-. The minimum Gasteiger partial charge on any atom is -0.462 e. The van der Waals surface area contributed by atoms with Crippen molar-refractivity contribution in [2.45, 2.75) is 297 Å². The van der Waals surface area contributed by atoms with Crippen molar-refractivity contribution in [3.63, 3.8) is 0 Å². The topological polar surface area (TPSA) is 78.9 Å². The lowest BCUT2D eigenvalue weighted by molar-refractivity contribution is -0.167. The van der Waals surface area contributed by atoms with E-state index < -0.39 is 6.10 Å². The lowest BCUT2D eigenvalue weighted by Crippen LogP contribution is -2.30. The highest BCUT2D eigenvalue weighted by Gasteiger charge is 2.19. The molecule has 0 aromatic rings. The van der Waals surface area contributed by atoms with Crippen LogP contribution in [0.2, 0.25) is 0 Å². The largest absolute Gasteiger partial charge is 0.462 e. The van der Waals surface area contributed by atoms with Crippen LogP contribution >= 0.6 is 0 Å². The Labute approximate surface area is 367 Å². The number of rotatable bonds is 48. The monoisotopic (exact) mass is 833 g/mol. The van der Waals surface area contributed by atoms with E-state index in [0.29, 0.717) is 19.3 Å². The van der Waals surface area contributed by atoms with Crippen LogP contribution in [0.15, 0.2) is 12.2 Å². The SMILES string of the molecule is CCCCCCCCCC/C=C\CCCCCCCCCCCCCCCCCC(=O)OCC(COC(=O)CCCCCCC)OC(=O)CCCCCCCCCCC. The number of allylic oxidation sites excluding steroid dienone is 2. The maximum absolute atomic E-state index is 12.6. The summed E-state index contributed by atoms with van der Waals surface area (Å²) in [6.07, 6.45) is 54.1. The fraction of sp³-hybridized carbons (Fsp3) is 0.906. The van der Waals surface area contributed by atoms with Gasteiger partial charge in [-0.1, -0.05) is 238 Å². The van der Waals surface area contributed by atoms with Gasteiger partial charge in [-0.2, -0.15) is 0 Å². The molecular weight excluding hydrogens is 733 g/mol. The van der Waals surface area contributed by atoms with Crippen LogP contribution < -0.4 is 0 Å². The molecule has 0 saturated heterocycles. The highest BCUT2D eigenvalue weighted by molar-refractivity contribution is 5.71. The number of unbranched alkanes of at least 4 members (excludes halogenated alkanes) is 35. The lowest BCUT2D eigenvalue weighted by Gasteiger charge is -2.18. The van der Waals surface area contributed by atoms with Crippen molar-refractivity contribution in [1.82, 2.24) is 0 Å². The van der Waals surface area contributed by atoms with Crippen molar-refractivity contribution in [1.29, 1.82) is 0 Å². The molecule has 0 radical (unpaired) electrons. The summed E-state index contributed by atoms with van der Waals surface area (Å²) >= 11 is 0. The van der Waals surface area contributed by atoms with Gasteiger partial charge in [0.25, 0.3) is 0 Å². The smallest absolute Gasteiger partial charge is 0.306 e. The Morgan fingerprint density at radius 2 is 0.559 bits per heavy atom. The van der Waals surface area contributed by atoms with Crippen LogP contribution in [-0.4, -0.2) is 37.2 Å². The molecule has 0 saturated carbocycles. The molecule has 0 N–H and O–H groups in total. The third-order valence-corrected chi connectivity index (χ3v) is 11.8. The second kappa shape index (κ2) is 48.8. The maximum Gasteiger partial charge on any atom is 0.306 e. The predicted octanol–water partition coefficient (Wildman–Crippen LogP) is 17.0. The van der Waals surface area contributed by atoms with Gasteiger partial charge in [0.1, 0.15) is 13.2 Å². The first-order chi connectivity index (χ1) is 29.0. The van der Waals surface area contributed by atoms with E-state index in [1.807, 2.05) is 0 Å². The van der Waals surface area contributed by atoms with Crippen molar-refractivity contribution in [3.05, 3.63) is 12.2 Å². The van der Waals surface area contributed by atoms with E-state index in [0.717, 1.165) is 64.2 Å². The van der Waals surface area contributed by atoms with Crippen LogP contribution in [0.3, 0.4) is 0 Å². The maximum atomic E-state index is 12.6. The van der Waals surface area contributed by atoms with Gasteiger partial charge in [-0.3, -0.25) is 14.4 Å². The Balaban J connectivity index is 3.90. The minimum absolute atomic E-state index is 0.0660. The quantitative estimate of drug-likeness (QED) is 0.0263. The first kappa shape index (κ1) is 57.1. The molecule has 0 spiro atoms. The Morgan fingerprint density at radius 1 is 0.322 bits per heavy atom. The zero-order chi connectivity index (χ0) is 43.0. The van der Waals surface area contributed by atoms with E-state index in [4.69, 9.17) is 14.2 Å². The van der Waals surface area contributed by atoms with Gasteiger partial charge in [-0.05, 0) is 44.9 Å². The molecule has 0 amide bonds. The Hall–Kier alpha value is -1.85. The summed E-state index contributed by atoms with van der Waals surface area (Å²) in [4.78, 5) is 37.5. The molecule has 6 heteroatoms. The van der Waals surface area contributed by atoms with Crippen LogP contribution in [-0.2, 0) is 28.6 Å². The van der Waals surface area contributed by atoms with Crippen LogP contribution in [0.1, 0.15) is 290 Å². The van der Waals surface area contributed by atoms with Gasteiger partial charge in [0.05, 0.1) is 0 Å².